The fraction of sp³-hybridized carbons (Fsp3) is 0.391. The van der Waals surface area contributed by atoms with Crippen LogP contribution < -0.4 is 10.2 Å². The molecular formula is C23H26Cl2N4O2. The first-order valence-corrected chi connectivity index (χ1v) is 11.1. The molecule has 2 aromatic carbocycles. The number of alkyl carbamates (subject to hydrolysis) is 1. The van der Waals surface area contributed by atoms with Crippen LogP contribution in [0.4, 0.5) is 10.7 Å². The third-order valence-electron chi connectivity index (χ3n) is 5.16. The Labute approximate surface area is 192 Å². The fourth-order valence-electron chi connectivity index (χ4n) is 3.83. The van der Waals surface area contributed by atoms with Crippen LogP contribution in [0.2, 0.25) is 10.0 Å². The van der Waals surface area contributed by atoms with Crippen molar-refractivity contribution in [1.29, 1.82) is 0 Å². The van der Waals surface area contributed by atoms with E-state index in [2.05, 4.69) is 20.9 Å². The molecule has 1 aliphatic rings. The number of hydrogen-bond donors (Lipinski definition) is 1. The highest BCUT2D eigenvalue weighted by molar-refractivity contribution is 6.33. The summed E-state index contributed by atoms with van der Waals surface area (Å²) in [6.45, 7) is 7.57. The van der Waals surface area contributed by atoms with Crippen molar-refractivity contribution in [3.8, 4) is 0 Å². The van der Waals surface area contributed by atoms with E-state index in [4.69, 9.17) is 32.9 Å². The van der Waals surface area contributed by atoms with Crippen molar-refractivity contribution in [2.24, 2.45) is 0 Å². The predicted molar refractivity (Wildman–Crippen MR) is 125 cm³/mol. The van der Waals surface area contributed by atoms with Gasteiger partial charge >= 0.3 is 6.09 Å². The molecule has 0 unspecified atom stereocenters. The molecule has 0 saturated carbocycles. The average Bonchev–Trinajstić information content (AvgIpc) is 3.28. The predicted octanol–water partition coefficient (Wildman–Crippen LogP) is 5.49. The highest BCUT2D eigenvalue weighted by Gasteiger charge is 2.29. The number of anilines is 1. The Morgan fingerprint density at radius 3 is 2.77 bits per heavy atom. The van der Waals surface area contributed by atoms with Gasteiger partial charge in [0.1, 0.15) is 5.60 Å². The molecule has 2 heterocycles. The summed E-state index contributed by atoms with van der Waals surface area (Å²) < 4.78 is 7.55. The largest absolute Gasteiger partial charge is 0.444 e. The number of para-hydroxylation sites is 2. The lowest BCUT2D eigenvalue weighted by Crippen LogP contribution is -2.40. The van der Waals surface area contributed by atoms with E-state index in [1.165, 1.54) is 0 Å². The zero-order chi connectivity index (χ0) is 22.2. The number of amides is 1. The summed E-state index contributed by atoms with van der Waals surface area (Å²) in [5.74, 6) is 0.853. The van der Waals surface area contributed by atoms with Crippen LogP contribution in [0.15, 0.2) is 42.5 Å². The van der Waals surface area contributed by atoms with Gasteiger partial charge in [-0.3, -0.25) is 0 Å². The van der Waals surface area contributed by atoms with Crippen LogP contribution in [-0.2, 0) is 11.3 Å². The summed E-state index contributed by atoms with van der Waals surface area (Å²) >= 11 is 12.7. The lowest BCUT2D eigenvalue weighted by molar-refractivity contribution is 0.0509. The van der Waals surface area contributed by atoms with Gasteiger partial charge in [-0.1, -0.05) is 35.3 Å². The molecule has 6 nitrogen and oxygen atoms in total. The fourth-order valence-corrected chi connectivity index (χ4v) is 4.20. The van der Waals surface area contributed by atoms with Gasteiger partial charge in [0.05, 0.1) is 23.6 Å². The van der Waals surface area contributed by atoms with E-state index in [1.807, 2.05) is 51.1 Å². The lowest BCUT2D eigenvalue weighted by atomic mass is 10.2. The van der Waals surface area contributed by atoms with Crippen molar-refractivity contribution >= 4 is 46.3 Å². The Hall–Kier alpha value is -2.44. The normalized spacial score (nSPS) is 16.7. The number of carbonyl (C=O) groups is 1. The quantitative estimate of drug-likeness (QED) is 0.558. The maximum absolute atomic E-state index is 12.2. The molecule has 0 radical (unpaired) electrons. The van der Waals surface area contributed by atoms with E-state index in [9.17, 15) is 4.79 Å². The van der Waals surface area contributed by atoms with E-state index >= 15 is 0 Å². The number of hydrogen-bond acceptors (Lipinski definition) is 4. The molecule has 0 spiro atoms. The van der Waals surface area contributed by atoms with Gasteiger partial charge in [0.2, 0.25) is 5.95 Å². The molecule has 1 saturated heterocycles. The van der Waals surface area contributed by atoms with Gasteiger partial charge in [-0.25, -0.2) is 9.78 Å². The van der Waals surface area contributed by atoms with Crippen molar-refractivity contribution in [3.63, 3.8) is 0 Å². The Kier molecular flexibility index (Phi) is 6.04. The van der Waals surface area contributed by atoms with Crippen molar-refractivity contribution < 1.29 is 9.53 Å². The van der Waals surface area contributed by atoms with Crippen molar-refractivity contribution in [3.05, 3.63) is 58.1 Å². The summed E-state index contributed by atoms with van der Waals surface area (Å²) in [6.07, 6.45) is 0.430. The minimum atomic E-state index is -0.521. The van der Waals surface area contributed by atoms with E-state index in [0.717, 1.165) is 35.5 Å². The van der Waals surface area contributed by atoms with Crippen LogP contribution in [0.25, 0.3) is 11.0 Å². The molecule has 8 heteroatoms. The molecule has 0 aliphatic carbocycles. The number of aromatic nitrogens is 2. The van der Waals surface area contributed by atoms with Gasteiger partial charge in [0, 0.05) is 23.1 Å². The molecule has 0 bridgehead atoms. The standard InChI is InChI=1S/C23H26Cl2N4O2/c1-23(2,3)31-22(30)26-17-10-11-28(14-17)21-27-19-6-4-5-7-20(19)29(21)13-15-12-16(24)8-9-18(15)25/h4-9,12,17H,10-11,13-14H2,1-3H3,(H,26,30)/t17-/m1/s1. The molecular weight excluding hydrogens is 435 g/mol. The number of carbonyl (C=O) groups excluding carboxylic acids is 1. The second-order valence-corrected chi connectivity index (χ2v) is 9.64. The van der Waals surface area contributed by atoms with Crippen LogP contribution in [-0.4, -0.2) is 40.4 Å². The van der Waals surface area contributed by atoms with E-state index < -0.39 is 11.7 Å². The van der Waals surface area contributed by atoms with Gasteiger partial charge in [-0.05, 0) is 63.1 Å². The zero-order valence-electron chi connectivity index (χ0n) is 17.9. The minimum absolute atomic E-state index is 0.00197. The van der Waals surface area contributed by atoms with Crippen LogP contribution in [0.3, 0.4) is 0 Å². The summed E-state index contributed by atoms with van der Waals surface area (Å²) in [5, 5.41) is 4.29. The molecule has 31 heavy (non-hydrogen) atoms. The van der Waals surface area contributed by atoms with Gasteiger partial charge < -0.3 is 19.5 Å². The molecule has 1 atom stereocenters. The Bertz CT molecular complexity index is 1110. The Balaban J connectivity index is 1.59. The van der Waals surface area contributed by atoms with Crippen molar-refractivity contribution in [2.75, 3.05) is 18.0 Å². The van der Waals surface area contributed by atoms with E-state index in [-0.39, 0.29) is 6.04 Å². The number of imidazole rings is 1. The molecule has 164 valence electrons. The van der Waals surface area contributed by atoms with E-state index in [0.29, 0.717) is 23.1 Å². The molecule has 4 rings (SSSR count). The number of rotatable bonds is 4. The Morgan fingerprint density at radius 1 is 1.23 bits per heavy atom. The maximum Gasteiger partial charge on any atom is 0.407 e. The molecule has 1 aromatic heterocycles. The highest BCUT2D eigenvalue weighted by atomic mass is 35.5. The molecule has 1 amide bonds. The second kappa shape index (κ2) is 8.60. The number of ether oxygens (including phenoxy) is 1. The minimum Gasteiger partial charge on any atom is -0.444 e. The number of nitrogens with one attached hydrogen (secondary N) is 1. The smallest absolute Gasteiger partial charge is 0.407 e. The Morgan fingerprint density at radius 2 is 2.00 bits per heavy atom. The second-order valence-electron chi connectivity index (χ2n) is 8.80. The summed E-state index contributed by atoms with van der Waals surface area (Å²) in [6, 6.07) is 13.5. The number of nitrogens with zero attached hydrogens (tertiary/aromatic N) is 3. The molecule has 1 aliphatic heterocycles. The van der Waals surface area contributed by atoms with Crippen LogP contribution in [0, 0.1) is 0 Å². The molecule has 1 N–H and O–H groups in total. The van der Waals surface area contributed by atoms with Crippen LogP contribution in [0.1, 0.15) is 32.8 Å². The first-order valence-electron chi connectivity index (χ1n) is 10.3. The van der Waals surface area contributed by atoms with Gasteiger partial charge in [-0.15, -0.1) is 0 Å². The lowest BCUT2D eigenvalue weighted by Gasteiger charge is -2.22. The van der Waals surface area contributed by atoms with E-state index in [1.54, 1.807) is 6.07 Å². The summed E-state index contributed by atoms with van der Waals surface area (Å²) in [4.78, 5) is 19.3. The van der Waals surface area contributed by atoms with Gasteiger partial charge in [0.25, 0.3) is 0 Å². The number of benzene rings is 2. The summed E-state index contributed by atoms with van der Waals surface area (Å²) in [7, 11) is 0. The van der Waals surface area contributed by atoms with Crippen LogP contribution >= 0.6 is 23.2 Å². The maximum atomic E-state index is 12.2. The number of halogens is 2. The first kappa shape index (κ1) is 21.8. The SMILES string of the molecule is CC(C)(C)OC(=O)N[C@@H]1CCN(c2nc3ccccc3n2Cc2cc(Cl)ccc2Cl)C1. The highest BCUT2D eigenvalue weighted by Crippen LogP contribution is 2.29. The monoisotopic (exact) mass is 460 g/mol. The van der Waals surface area contributed by atoms with Gasteiger partial charge in [0.15, 0.2) is 0 Å². The average molecular weight is 461 g/mol. The third-order valence-corrected chi connectivity index (χ3v) is 5.77. The molecule has 3 aromatic rings. The number of fused-ring (bicyclic) bond motifs is 1. The zero-order valence-corrected chi connectivity index (χ0v) is 19.4. The third kappa shape index (κ3) is 5.08. The van der Waals surface area contributed by atoms with Crippen molar-refractivity contribution in [2.45, 2.75) is 45.4 Å². The first-order chi connectivity index (χ1) is 14.7. The topological polar surface area (TPSA) is 59.4 Å². The van der Waals surface area contributed by atoms with Gasteiger partial charge in [-0.2, -0.15) is 0 Å². The van der Waals surface area contributed by atoms with Crippen molar-refractivity contribution in [1.82, 2.24) is 14.9 Å². The molecule has 1 fully saturated rings. The summed E-state index contributed by atoms with van der Waals surface area (Å²) in [5.41, 5.74) is 2.35. The van der Waals surface area contributed by atoms with Crippen LogP contribution in [0.5, 0.6) is 0 Å².